The standard InChI is InChI=1S/C15H15N3O3S/c1-8-4-5-12-11(6-8)16-15(20-12)22-10(3)14(19)17-13-7-9(2)18-21-13/h4-7,10H,1-3H3,(H,17,19). The highest BCUT2D eigenvalue weighted by Crippen LogP contribution is 2.27. The smallest absolute Gasteiger partial charge is 0.257 e. The predicted octanol–water partition coefficient (Wildman–Crippen LogP) is 3.55. The fourth-order valence-electron chi connectivity index (χ4n) is 1.92. The molecular weight excluding hydrogens is 302 g/mol. The molecule has 2 aromatic heterocycles. The number of carbonyl (C=O) groups excluding carboxylic acids is 1. The molecule has 0 saturated heterocycles. The molecule has 1 aromatic carbocycles. The third kappa shape index (κ3) is 3.14. The number of fused-ring (bicyclic) bond motifs is 1. The first-order chi connectivity index (χ1) is 10.5. The van der Waals surface area contributed by atoms with Crippen molar-refractivity contribution in [3.8, 4) is 0 Å². The summed E-state index contributed by atoms with van der Waals surface area (Å²) >= 11 is 1.26. The van der Waals surface area contributed by atoms with Crippen molar-refractivity contribution in [2.75, 3.05) is 5.32 Å². The van der Waals surface area contributed by atoms with Gasteiger partial charge in [0.2, 0.25) is 11.8 Å². The molecule has 7 heteroatoms. The Morgan fingerprint density at radius 2 is 2.14 bits per heavy atom. The third-order valence-corrected chi connectivity index (χ3v) is 3.99. The lowest BCUT2D eigenvalue weighted by Crippen LogP contribution is -2.22. The number of carbonyl (C=O) groups is 1. The van der Waals surface area contributed by atoms with Gasteiger partial charge in [-0.25, -0.2) is 4.98 Å². The van der Waals surface area contributed by atoms with E-state index in [0.717, 1.165) is 11.1 Å². The van der Waals surface area contributed by atoms with Crippen LogP contribution in [0, 0.1) is 13.8 Å². The highest BCUT2D eigenvalue weighted by molar-refractivity contribution is 8.00. The first-order valence-corrected chi connectivity index (χ1v) is 7.67. The van der Waals surface area contributed by atoms with Gasteiger partial charge in [-0.15, -0.1) is 0 Å². The number of aryl methyl sites for hydroxylation is 2. The number of benzene rings is 1. The van der Waals surface area contributed by atoms with Gasteiger partial charge in [0.15, 0.2) is 5.58 Å². The summed E-state index contributed by atoms with van der Waals surface area (Å²) in [7, 11) is 0. The van der Waals surface area contributed by atoms with E-state index in [0.29, 0.717) is 22.4 Å². The van der Waals surface area contributed by atoms with Gasteiger partial charge >= 0.3 is 0 Å². The highest BCUT2D eigenvalue weighted by Gasteiger charge is 2.19. The van der Waals surface area contributed by atoms with Crippen LogP contribution in [0.3, 0.4) is 0 Å². The Bertz CT molecular complexity index is 824. The molecule has 0 spiro atoms. The van der Waals surface area contributed by atoms with Crippen molar-refractivity contribution < 1.29 is 13.7 Å². The van der Waals surface area contributed by atoms with Gasteiger partial charge in [0.25, 0.3) is 5.22 Å². The number of hydrogen-bond acceptors (Lipinski definition) is 6. The number of hydrogen-bond donors (Lipinski definition) is 1. The molecule has 1 N–H and O–H groups in total. The van der Waals surface area contributed by atoms with Crippen LogP contribution in [0.4, 0.5) is 5.88 Å². The summed E-state index contributed by atoms with van der Waals surface area (Å²) in [6, 6.07) is 7.45. The van der Waals surface area contributed by atoms with E-state index in [4.69, 9.17) is 8.94 Å². The van der Waals surface area contributed by atoms with Crippen molar-refractivity contribution in [2.45, 2.75) is 31.2 Å². The summed E-state index contributed by atoms with van der Waals surface area (Å²) in [4.78, 5) is 16.5. The minimum atomic E-state index is -0.375. The van der Waals surface area contributed by atoms with Gasteiger partial charge in [-0.2, -0.15) is 0 Å². The van der Waals surface area contributed by atoms with Crippen molar-refractivity contribution in [1.82, 2.24) is 10.1 Å². The average Bonchev–Trinajstić information content (AvgIpc) is 3.04. The van der Waals surface area contributed by atoms with Crippen LogP contribution in [0.2, 0.25) is 0 Å². The maximum absolute atomic E-state index is 12.1. The fraction of sp³-hybridized carbons (Fsp3) is 0.267. The lowest BCUT2D eigenvalue weighted by molar-refractivity contribution is -0.115. The predicted molar refractivity (Wildman–Crippen MR) is 83.9 cm³/mol. The van der Waals surface area contributed by atoms with Gasteiger partial charge in [-0.1, -0.05) is 23.0 Å². The maximum atomic E-state index is 12.1. The molecule has 0 aliphatic rings. The fourth-order valence-corrected chi connectivity index (χ4v) is 2.67. The summed E-state index contributed by atoms with van der Waals surface area (Å²) in [5.74, 6) is 0.141. The van der Waals surface area contributed by atoms with E-state index in [-0.39, 0.29) is 11.2 Å². The average molecular weight is 317 g/mol. The van der Waals surface area contributed by atoms with E-state index in [9.17, 15) is 4.79 Å². The molecule has 0 aliphatic carbocycles. The number of rotatable bonds is 4. The number of amides is 1. The molecule has 0 fully saturated rings. The Kier molecular flexibility index (Phi) is 3.89. The van der Waals surface area contributed by atoms with Gasteiger partial charge in [-0.05, 0) is 38.5 Å². The zero-order chi connectivity index (χ0) is 15.7. The SMILES string of the molecule is Cc1ccc2oc(SC(C)C(=O)Nc3cc(C)no3)nc2c1. The molecule has 22 heavy (non-hydrogen) atoms. The van der Waals surface area contributed by atoms with Crippen LogP contribution >= 0.6 is 11.8 Å². The maximum Gasteiger partial charge on any atom is 0.257 e. The topological polar surface area (TPSA) is 81.2 Å². The molecule has 3 rings (SSSR count). The summed E-state index contributed by atoms with van der Waals surface area (Å²) in [6.45, 7) is 5.57. The summed E-state index contributed by atoms with van der Waals surface area (Å²) in [5.41, 5.74) is 3.33. The Balaban J connectivity index is 1.69. The van der Waals surface area contributed by atoms with E-state index in [1.54, 1.807) is 19.9 Å². The van der Waals surface area contributed by atoms with Crippen LogP contribution < -0.4 is 5.32 Å². The van der Waals surface area contributed by atoms with Crippen molar-refractivity contribution in [3.05, 3.63) is 35.5 Å². The lowest BCUT2D eigenvalue weighted by atomic mass is 10.2. The van der Waals surface area contributed by atoms with E-state index in [1.165, 1.54) is 11.8 Å². The first-order valence-electron chi connectivity index (χ1n) is 6.79. The third-order valence-electron chi connectivity index (χ3n) is 3.04. The molecule has 0 bridgehead atoms. The Hall–Kier alpha value is -2.28. The second kappa shape index (κ2) is 5.84. The number of nitrogens with zero attached hydrogens (tertiary/aromatic N) is 2. The zero-order valence-corrected chi connectivity index (χ0v) is 13.2. The quantitative estimate of drug-likeness (QED) is 0.741. The van der Waals surface area contributed by atoms with Gasteiger partial charge in [0.05, 0.1) is 10.9 Å². The molecule has 1 atom stereocenters. The summed E-state index contributed by atoms with van der Waals surface area (Å²) in [5, 5.41) is 6.48. The van der Waals surface area contributed by atoms with Crippen LogP contribution in [0.1, 0.15) is 18.2 Å². The first kappa shape index (κ1) is 14.6. The Labute approximate surface area is 131 Å². The second-order valence-electron chi connectivity index (χ2n) is 5.03. The molecule has 1 unspecified atom stereocenters. The molecule has 3 aromatic rings. The number of oxazole rings is 1. The van der Waals surface area contributed by atoms with E-state index in [2.05, 4.69) is 15.5 Å². The van der Waals surface area contributed by atoms with Crippen molar-refractivity contribution in [3.63, 3.8) is 0 Å². The molecule has 6 nitrogen and oxygen atoms in total. The number of thioether (sulfide) groups is 1. The molecule has 0 radical (unpaired) electrons. The van der Waals surface area contributed by atoms with Gasteiger partial charge in [-0.3, -0.25) is 10.1 Å². The second-order valence-corrected chi connectivity index (χ2v) is 6.32. The van der Waals surface area contributed by atoms with E-state index >= 15 is 0 Å². The molecule has 1 amide bonds. The van der Waals surface area contributed by atoms with Gasteiger partial charge < -0.3 is 8.94 Å². The molecular formula is C15H15N3O3S. The number of aromatic nitrogens is 2. The van der Waals surface area contributed by atoms with Crippen LogP contribution in [0.25, 0.3) is 11.1 Å². The van der Waals surface area contributed by atoms with E-state index in [1.807, 2.05) is 25.1 Å². The largest absolute Gasteiger partial charge is 0.431 e. The molecule has 2 heterocycles. The summed E-state index contributed by atoms with van der Waals surface area (Å²) < 4.78 is 10.6. The molecule has 114 valence electrons. The minimum Gasteiger partial charge on any atom is -0.431 e. The van der Waals surface area contributed by atoms with Crippen LogP contribution in [0.5, 0.6) is 0 Å². The monoisotopic (exact) mass is 317 g/mol. The number of nitrogens with one attached hydrogen (secondary N) is 1. The normalized spacial score (nSPS) is 12.5. The summed E-state index contributed by atoms with van der Waals surface area (Å²) in [6.07, 6.45) is 0. The van der Waals surface area contributed by atoms with Crippen LogP contribution in [-0.4, -0.2) is 21.3 Å². The van der Waals surface area contributed by atoms with Gasteiger partial charge in [0.1, 0.15) is 5.52 Å². The number of anilines is 1. The Morgan fingerprint density at radius 3 is 2.86 bits per heavy atom. The lowest BCUT2D eigenvalue weighted by Gasteiger charge is -2.06. The zero-order valence-electron chi connectivity index (χ0n) is 12.4. The van der Waals surface area contributed by atoms with Gasteiger partial charge in [0, 0.05) is 6.07 Å². The highest BCUT2D eigenvalue weighted by atomic mass is 32.2. The molecule has 0 saturated carbocycles. The van der Waals surface area contributed by atoms with Crippen LogP contribution in [-0.2, 0) is 4.79 Å². The van der Waals surface area contributed by atoms with Crippen molar-refractivity contribution >= 4 is 34.7 Å². The minimum absolute atomic E-state index is 0.195. The Morgan fingerprint density at radius 1 is 1.32 bits per heavy atom. The van der Waals surface area contributed by atoms with Crippen LogP contribution in [0.15, 0.2) is 38.4 Å². The van der Waals surface area contributed by atoms with Crippen molar-refractivity contribution in [1.29, 1.82) is 0 Å². The van der Waals surface area contributed by atoms with E-state index < -0.39 is 0 Å². The van der Waals surface area contributed by atoms with Crippen molar-refractivity contribution in [2.24, 2.45) is 0 Å². The molecule has 0 aliphatic heterocycles.